The van der Waals surface area contributed by atoms with E-state index >= 15 is 0 Å². The summed E-state index contributed by atoms with van der Waals surface area (Å²) in [5.74, 6) is 0.0710. The number of anilines is 1. The van der Waals surface area contributed by atoms with Gasteiger partial charge in [-0.05, 0) is 69.4 Å². The van der Waals surface area contributed by atoms with E-state index in [0.29, 0.717) is 36.6 Å². The Labute approximate surface area is 226 Å². The van der Waals surface area contributed by atoms with E-state index in [0.717, 1.165) is 5.69 Å². The summed E-state index contributed by atoms with van der Waals surface area (Å²) < 4.78 is 107. The van der Waals surface area contributed by atoms with E-state index in [-0.39, 0.29) is 18.2 Å². The minimum atomic E-state index is -5.00. The van der Waals surface area contributed by atoms with Crippen LogP contribution in [0.5, 0.6) is 0 Å². The van der Waals surface area contributed by atoms with Crippen LogP contribution in [0.4, 0.5) is 36.6 Å². The maximum Gasteiger partial charge on any atom is 0.416 e. The molecule has 3 aromatic rings. The second-order valence-corrected chi connectivity index (χ2v) is 10.1. The number of imidazole rings is 1. The Morgan fingerprint density at radius 2 is 1.68 bits per heavy atom. The number of H-pyrrole nitrogens is 1. The predicted octanol–water partition coefficient (Wildman–Crippen LogP) is 6.50. The average molecular weight is 575 g/mol. The molecule has 1 saturated heterocycles. The second kappa shape index (κ2) is 11.0. The van der Waals surface area contributed by atoms with Gasteiger partial charge in [-0.15, -0.1) is 0 Å². The fourth-order valence-electron chi connectivity index (χ4n) is 4.81. The third-order valence-electron chi connectivity index (χ3n) is 6.87. The van der Waals surface area contributed by atoms with E-state index in [1.165, 1.54) is 37.5 Å². The number of morpholine rings is 1. The van der Waals surface area contributed by atoms with E-state index in [2.05, 4.69) is 9.97 Å². The highest BCUT2D eigenvalue weighted by Crippen LogP contribution is 2.43. The number of halogens is 7. The highest BCUT2D eigenvalue weighted by atomic mass is 19.4. The van der Waals surface area contributed by atoms with E-state index in [1.807, 2.05) is 23.9 Å². The first-order valence-electron chi connectivity index (χ1n) is 12.4. The molecule has 2 heterocycles. The molecule has 40 heavy (non-hydrogen) atoms. The zero-order valence-corrected chi connectivity index (χ0v) is 22.2. The molecule has 13 heteroatoms. The van der Waals surface area contributed by atoms with Gasteiger partial charge in [-0.3, -0.25) is 0 Å². The number of ether oxygens (including phenoxy) is 2. The molecule has 1 aliphatic rings. The Hall–Kier alpha value is -3.16. The molecule has 1 aliphatic heterocycles. The molecule has 2 aromatic carbocycles. The van der Waals surface area contributed by atoms with Crippen molar-refractivity contribution in [3.05, 3.63) is 82.6 Å². The summed E-state index contributed by atoms with van der Waals surface area (Å²) >= 11 is 0. The molecule has 0 spiro atoms. The highest BCUT2D eigenvalue weighted by Gasteiger charge is 2.48. The Balaban J connectivity index is 1.77. The lowest BCUT2D eigenvalue weighted by molar-refractivity contribution is -0.217. The summed E-state index contributed by atoms with van der Waals surface area (Å²) in [6.07, 6.45) is -10.9. The number of alkyl halides is 6. The van der Waals surface area contributed by atoms with Gasteiger partial charge in [0.25, 0.3) is 0 Å². The largest absolute Gasteiger partial charge is 0.416 e. The van der Waals surface area contributed by atoms with Gasteiger partial charge in [-0.25, -0.2) is 9.37 Å². The zero-order valence-electron chi connectivity index (χ0n) is 22.2. The van der Waals surface area contributed by atoms with Crippen LogP contribution in [0.25, 0.3) is 0 Å². The standard InChI is InChI=1S/C27H29F7N4O2/c1-16(17-11-19(26(29,30)31)13-20(12-17)27(32,33)34)40-24-25(2,18-5-7-21(28)8-6-18)38(9-10-39-24)23-22(14-37(3)4)35-15-36-23/h5-8,11-13,15-16,24H,9-10,14H2,1-4H3,(H,35,36)/t16-,24-,25+/m1/s1. The minimum absolute atomic E-state index is 0.0710. The molecular formula is C27H29F7N4O2. The van der Waals surface area contributed by atoms with Gasteiger partial charge in [0.2, 0.25) is 0 Å². The van der Waals surface area contributed by atoms with Gasteiger partial charge in [-0.2, -0.15) is 26.3 Å². The Kier molecular flexibility index (Phi) is 8.21. The van der Waals surface area contributed by atoms with Crippen molar-refractivity contribution in [3.8, 4) is 0 Å². The summed E-state index contributed by atoms with van der Waals surface area (Å²) in [5.41, 5.74) is -3.10. The molecule has 4 rings (SSSR count). The summed E-state index contributed by atoms with van der Waals surface area (Å²) in [6.45, 7) is 4.06. The lowest BCUT2D eigenvalue weighted by Gasteiger charge is -2.50. The van der Waals surface area contributed by atoms with Gasteiger partial charge >= 0.3 is 12.4 Å². The van der Waals surface area contributed by atoms with Crippen molar-refractivity contribution in [2.45, 2.75) is 50.7 Å². The number of nitrogens with one attached hydrogen (secondary N) is 1. The van der Waals surface area contributed by atoms with Crippen LogP contribution in [0.2, 0.25) is 0 Å². The average Bonchev–Trinajstić information content (AvgIpc) is 3.31. The Bertz CT molecular complexity index is 1280. The predicted molar refractivity (Wildman–Crippen MR) is 133 cm³/mol. The molecule has 1 N–H and O–H groups in total. The monoisotopic (exact) mass is 574 g/mol. The molecule has 1 aromatic heterocycles. The van der Waals surface area contributed by atoms with E-state index in [4.69, 9.17) is 9.47 Å². The molecular weight excluding hydrogens is 545 g/mol. The fourth-order valence-corrected chi connectivity index (χ4v) is 4.81. The van der Waals surface area contributed by atoms with Crippen LogP contribution < -0.4 is 4.90 Å². The molecule has 0 radical (unpaired) electrons. The Morgan fingerprint density at radius 3 is 2.23 bits per heavy atom. The van der Waals surface area contributed by atoms with Gasteiger partial charge in [0.15, 0.2) is 12.1 Å². The molecule has 0 amide bonds. The number of aromatic amines is 1. The van der Waals surface area contributed by atoms with Crippen molar-refractivity contribution in [3.63, 3.8) is 0 Å². The van der Waals surface area contributed by atoms with Gasteiger partial charge in [0.1, 0.15) is 11.4 Å². The maximum atomic E-state index is 13.9. The minimum Gasteiger partial charge on any atom is -0.348 e. The van der Waals surface area contributed by atoms with Gasteiger partial charge in [0.05, 0.1) is 35.9 Å². The van der Waals surface area contributed by atoms with Crippen LogP contribution in [0, 0.1) is 5.82 Å². The quantitative estimate of drug-likeness (QED) is 0.327. The summed E-state index contributed by atoms with van der Waals surface area (Å²) in [5, 5.41) is 0. The van der Waals surface area contributed by atoms with E-state index in [1.54, 1.807) is 6.92 Å². The first-order valence-corrected chi connectivity index (χ1v) is 12.4. The van der Waals surface area contributed by atoms with Crippen molar-refractivity contribution < 1.29 is 40.2 Å². The summed E-state index contributed by atoms with van der Waals surface area (Å²) in [7, 11) is 3.75. The number of hydrogen-bond acceptors (Lipinski definition) is 5. The molecule has 3 atom stereocenters. The van der Waals surface area contributed by atoms with Crippen molar-refractivity contribution in [1.29, 1.82) is 0 Å². The van der Waals surface area contributed by atoms with Crippen molar-refractivity contribution in [2.75, 3.05) is 32.1 Å². The topological polar surface area (TPSA) is 53.6 Å². The molecule has 218 valence electrons. The summed E-state index contributed by atoms with van der Waals surface area (Å²) in [6, 6.07) is 6.91. The van der Waals surface area contributed by atoms with Crippen molar-refractivity contribution in [2.24, 2.45) is 0 Å². The first-order chi connectivity index (χ1) is 18.6. The second-order valence-electron chi connectivity index (χ2n) is 10.1. The van der Waals surface area contributed by atoms with Crippen LogP contribution in [-0.2, 0) is 33.9 Å². The van der Waals surface area contributed by atoms with Gasteiger partial charge in [-0.1, -0.05) is 12.1 Å². The van der Waals surface area contributed by atoms with Crippen LogP contribution in [0.15, 0.2) is 48.8 Å². The highest BCUT2D eigenvalue weighted by molar-refractivity contribution is 5.50. The molecule has 6 nitrogen and oxygen atoms in total. The fraction of sp³-hybridized carbons (Fsp3) is 0.444. The molecule has 0 unspecified atom stereocenters. The molecule has 0 bridgehead atoms. The maximum absolute atomic E-state index is 13.9. The van der Waals surface area contributed by atoms with Crippen molar-refractivity contribution in [1.82, 2.24) is 14.9 Å². The normalized spacial score (nSPS) is 21.2. The zero-order chi connectivity index (χ0) is 29.5. The smallest absolute Gasteiger partial charge is 0.348 e. The van der Waals surface area contributed by atoms with Crippen LogP contribution >= 0.6 is 0 Å². The number of aromatic nitrogens is 2. The molecule has 1 fully saturated rings. The van der Waals surface area contributed by atoms with Gasteiger partial charge < -0.3 is 24.3 Å². The third kappa shape index (κ3) is 6.11. The number of hydrogen-bond donors (Lipinski definition) is 1. The number of benzene rings is 2. The van der Waals surface area contributed by atoms with Gasteiger partial charge in [0, 0.05) is 13.1 Å². The number of rotatable bonds is 7. The van der Waals surface area contributed by atoms with Crippen LogP contribution in [-0.4, -0.2) is 48.4 Å². The van der Waals surface area contributed by atoms with E-state index < -0.39 is 47.2 Å². The first kappa shape index (κ1) is 29.8. The lowest BCUT2D eigenvalue weighted by atomic mass is 9.87. The van der Waals surface area contributed by atoms with Crippen LogP contribution in [0.1, 0.15) is 47.9 Å². The third-order valence-corrected chi connectivity index (χ3v) is 6.87. The number of nitrogens with zero attached hydrogens (tertiary/aromatic N) is 3. The lowest BCUT2D eigenvalue weighted by Crippen LogP contribution is -2.60. The Morgan fingerprint density at radius 1 is 1.07 bits per heavy atom. The molecule has 0 aliphatic carbocycles. The van der Waals surface area contributed by atoms with Crippen molar-refractivity contribution >= 4 is 5.82 Å². The van der Waals surface area contributed by atoms with E-state index in [9.17, 15) is 30.7 Å². The summed E-state index contributed by atoms with van der Waals surface area (Å²) in [4.78, 5) is 11.4. The SMILES string of the molecule is C[C@@H](O[C@H]1OCCN(c2nc[nH]c2CN(C)C)[C@@]1(C)c1ccc(F)cc1)c1cc(C(F)(F)F)cc(C(F)(F)F)c1. The molecule has 0 saturated carbocycles. The van der Waals surface area contributed by atoms with Crippen LogP contribution in [0.3, 0.4) is 0 Å².